The molecule has 3 rings (SSSR count). The number of nitrogens with one attached hydrogen (secondary N) is 1. The largest absolute Gasteiger partial charge is 0.323 e. The molecule has 3 aromatic rings. The van der Waals surface area contributed by atoms with Crippen LogP contribution in [0.1, 0.15) is 0 Å². The number of nitrogens with two attached hydrogens (primary N) is 1. The second-order valence-electron chi connectivity index (χ2n) is 5.71. The van der Waals surface area contributed by atoms with Gasteiger partial charge in [-0.1, -0.05) is 11.8 Å². The van der Waals surface area contributed by atoms with Crippen molar-refractivity contribution in [1.29, 1.82) is 0 Å². The number of primary sulfonamides is 1. The number of aromatic nitrogens is 2. The standard InChI is InChI=1S/C16H13F3N4O3S2/c1-23-12-5-2-8(28(20,25)26)6-11(12)22-16(23)27-7-13(24)21-10-4-3-9(17)14(18)15(10)19/h2-6H,7H2,1H3,(H,21,24)(H2,20,25,26). The molecular formula is C16H13F3N4O3S2. The van der Waals surface area contributed by atoms with Gasteiger partial charge in [-0.3, -0.25) is 4.79 Å². The summed E-state index contributed by atoms with van der Waals surface area (Å²) in [5, 5.41) is 7.64. The summed E-state index contributed by atoms with van der Waals surface area (Å²) in [6.45, 7) is 0. The van der Waals surface area contributed by atoms with Gasteiger partial charge in [0.1, 0.15) is 0 Å². The van der Waals surface area contributed by atoms with Gasteiger partial charge in [0.2, 0.25) is 15.9 Å². The molecule has 7 nitrogen and oxygen atoms in total. The third-order valence-corrected chi connectivity index (χ3v) is 5.72. The molecule has 1 heterocycles. The van der Waals surface area contributed by atoms with E-state index >= 15 is 0 Å². The number of thioether (sulfide) groups is 1. The van der Waals surface area contributed by atoms with Gasteiger partial charge in [0.15, 0.2) is 22.6 Å². The van der Waals surface area contributed by atoms with Crippen LogP contribution in [0.15, 0.2) is 40.4 Å². The normalized spacial score (nSPS) is 11.8. The van der Waals surface area contributed by atoms with E-state index in [2.05, 4.69) is 10.3 Å². The summed E-state index contributed by atoms with van der Waals surface area (Å²) in [7, 11) is -2.21. The van der Waals surface area contributed by atoms with E-state index in [1.807, 2.05) is 0 Å². The molecule has 1 amide bonds. The smallest absolute Gasteiger partial charge is 0.238 e. The number of aryl methyl sites for hydroxylation is 1. The van der Waals surface area contributed by atoms with E-state index in [-0.39, 0.29) is 10.6 Å². The first-order valence-electron chi connectivity index (χ1n) is 7.63. The predicted molar refractivity (Wildman–Crippen MR) is 97.8 cm³/mol. The van der Waals surface area contributed by atoms with Crippen LogP contribution in [0.25, 0.3) is 11.0 Å². The third kappa shape index (κ3) is 3.98. The van der Waals surface area contributed by atoms with Gasteiger partial charge < -0.3 is 9.88 Å². The van der Waals surface area contributed by atoms with Gasteiger partial charge in [0, 0.05) is 7.05 Å². The molecule has 1 aromatic heterocycles. The highest BCUT2D eigenvalue weighted by Crippen LogP contribution is 2.25. The van der Waals surface area contributed by atoms with Crippen LogP contribution >= 0.6 is 11.8 Å². The number of amides is 1. The number of halogens is 3. The number of sulfonamides is 1. The van der Waals surface area contributed by atoms with Crippen molar-refractivity contribution in [1.82, 2.24) is 9.55 Å². The molecular weight excluding hydrogens is 417 g/mol. The van der Waals surface area contributed by atoms with Gasteiger partial charge >= 0.3 is 0 Å². The second-order valence-corrected chi connectivity index (χ2v) is 8.21. The van der Waals surface area contributed by atoms with Gasteiger partial charge in [-0.15, -0.1) is 0 Å². The van der Waals surface area contributed by atoms with Crippen molar-refractivity contribution in [3.8, 4) is 0 Å². The molecule has 0 saturated heterocycles. The summed E-state index contributed by atoms with van der Waals surface area (Å²) >= 11 is 0.996. The number of imidazole rings is 1. The molecule has 12 heteroatoms. The molecule has 0 radical (unpaired) electrons. The number of hydrogen-bond acceptors (Lipinski definition) is 5. The van der Waals surface area contributed by atoms with Crippen LogP contribution in [-0.2, 0) is 21.9 Å². The number of anilines is 1. The van der Waals surface area contributed by atoms with Crippen molar-refractivity contribution in [2.45, 2.75) is 10.1 Å². The maximum atomic E-state index is 13.6. The molecule has 0 saturated carbocycles. The molecule has 0 bridgehead atoms. The molecule has 2 aromatic carbocycles. The van der Waals surface area contributed by atoms with E-state index in [0.29, 0.717) is 22.3 Å². The Kier molecular flexibility index (Phi) is 5.37. The summed E-state index contributed by atoms with van der Waals surface area (Å²) in [6.07, 6.45) is 0. The molecule has 0 unspecified atom stereocenters. The predicted octanol–water partition coefficient (Wildman–Crippen LogP) is 2.37. The quantitative estimate of drug-likeness (QED) is 0.477. The number of carbonyl (C=O) groups excluding carboxylic acids is 1. The summed E-state index contributed by atoms with van der Waals surface area (Å²) in [4.78, 5) is 16.2. The van der Waals surface area contributed by atoms with Crippen molar-refractivity contribution in [2.24, 2.45) is 12.2 Å². The number of rotatable bonds is 5. The topological polar surface area (TPSA) is 107 Å². The first-order chi connectivity index (χ1) is 13.1. The molecule has 0 fully saturated rings. The van der Waals surface area contributed by atoms with Crippen LogP contribution in [0.4, 0.5) is 18.9 Å². The van der Waals surface area contributed by atoms with Crippen LogP contribution in [0.3, 0.4) is 0 Å². The zero-order valence-corrected chi connectivity index (χ0v) is 15.9. The van der Waals surface area contributed by atoms with Crippen LogP contribution in [0, 0.1) is 17.5 Å². The molecule has 3 N–H and O–H groups in total. The number of carbonyl (C=O) groups is 1. The first-order valence-corrected chi connectivity index (χ1v) is 10.2. The molecule has 0 aliphatic rings. The summed E-state index contributed by atoms with van der Waals surface area (Å²) in [5.74, 6) is -5.38. The van der Waals surface area contributed by atoms with E-state index in [4.69, 9.17) is 5.14 Å². The zero-order valence-electron chi connectivity index (χ0n) is 14.2. The molecule has 0 spiro atoms. The summed E-state index contributed by atoms with van der Waals surface area (Å²) in [6, 6.07) is 5.80. The van der Waals surface area contributed by atoms with E-state index in [9.17, 15) is 26.4 Å². The Hall–Kier alpha value is -2.57. The van der Waals surface area contributed by atoms with Crippen LogP contribution in [0.2, 0.25) is 0 Å². The molecule has 0 aliphatic carbocycles. The Morgan fingerprint density at radius 2 is 1.93 bits per heavy atom. The first kappa shape index (κ1) is 20.2. The molecule has 0 atom stereocenters. The Morgan fingerprint density at radius 3 is 2.61 bits per heavy atom. The van der Waals surface area contributed by atoms with E-state index in [0.717, 1.165) is 17.8 Å². The number of hydrogen-bond donors (Lipinski definition) is 2. The Morgan fingerprint density at radius 1 is 1.21 bits per heavy atom. The van der Waals surface area contributed by atoms with Crippen molar-refractivity contribution < 1.29 is 26.4 Å². The van der Waals surface area contributed by atoms with Crippen molar-refractivity contribution in [2.75, 3.05) is 11.1 Å². The van der Waals surface area contributed by atoms with E-state index in [1.54, 1.807) is 11.6 Å². The van der Waals surface area contributed by atoms with Crippen molar-refractivity contribution in [3.63, 3.8) is 0 Å². The van der Waals surface area contributed by atoms with Crippen LogP contribution < -0.4 is 10.5 Å². The minimum Gasteiger partial charge on any atom is -0.323 e. The van der Waals surface area contributed by atoms with Gasteiger partial charge in [0.05, 0.1) is 27.4 Å². The molecule has 28 heavy (non-hydrogen) atoms. The lowest BCUT2D eigenvalue weighted by molar-refractivity contribution is -0.113. The maximum Gasteiger partial charge on any atom is 0.238 e. The highest BCUT2D eigenvalue weighted by molar-refractivity contribution is 7.99. The van der Waals surface area contributed by atoms with E-state index < -0.39 is 39.1 Å². The maximum absolute atomic E-state index is 13.6. The monoisotopic (exact) mass is 430 g/mol. The average molecular weight is 430 g/mol. The fourth-order valence-electron chi connectivity index (χ4n) is 2.40. The van der Waals surface area contributed by atoms with E-state index in [1.165, 1.54) is 18.2 Å². The lowest BCUT2D eigenvalue weighted by Crippen LogP contribution is -2.16. The van der Waals surface area contributed by atoms with Crippen LogP contribution in [-0.4, -0.2) is 29.6 Å². The SMILES string of the molecule is Cn1c(SCC(=O)Nc2ccc(F)c(F)c2F)nc2cc(S(N)(=O)=O)ccc21. The zero-order chi connectivity index (χ0) is 20.6. The van der Waals surface area contributed by atoms with Crippen molar-refractivity contribution in [3.05, 3.63) is 47.8 Å². The Labute approximate surface area is 161 Å². The fourth-order valence-corrected chi connectivity index (χ4v) is 3.72. The number of nitrogens with zero attached hydrogens (tertiary/aromatic N) is 2. The van der Waals surface area contributed by atoms with Gasteiger partial charge in [-0.2, -0.15) is 0 Å². The Balaban J connectivity index is 1.75. The Bertz CT molecular complexity index is 1200. The highest BCUT2D eigenvalue weighted by atomic mass is 32.2. The van der Waals surface area contributed by atoms with Crippen LogP contribution in [0.5, 0.6) is 0 Å². The molecule has 148 valence electrons. The highest BCUT2D eigenvalue weighted by Gasteiger charge is 2.17. The number of fused-ring (bicyclic) bond motifs is 1. The fraction of sp³-hybridized carbons (Fsp3) is 0.125. The number of benzene rings is 2. The lowest BCUT2D eigenvalue weighted by atomic mass is 10.3. The minimum atomic E-state index is -3.88. The summed E-state index contributed by atoms with van der Waals surface area (Å²) in [5.41, 5.74) is 0.498. The minimum absolute atomic E-state index is 0.0961. The molecule has 0 aliphatic heterocycles. The van der Waals surface area contributed by atoms with Crippen molar-refractivity contribution >= 4 is 44.4 Å². The van der Waals surface area contributed by atoms with Gasteiger partial charge in [-0.05, 0) is 30.3 Å². The van der Waals surface area contributed by atoms with Gasteiger partial charge in [0.25, 0.3) is 0 Å². The second kappa shape index (κ2) is 7.45. The van der Waals surface area contributed by atoms with Gasteiger partial charge in [-0.25, -0.2) is 31.7 Å². The average Bonchev–Trinajstić information content (AvgIpc) is 2.95. The third-order valence-electron chi connectivity index (χ3n) is 3.78. The summed E-state index contributed by atoms with van der Waals surface area (Å²) < 4.78 is 64.3. The lowest BCUT2D eigenvalue weighted by Gasteiger charge is -2.07.